The van der Waals surface area contributed by atoms with E-state index in [-0.39, 0.29) is 5.41 Å². The number of nitrogens with two attached hydrogens (primary N) is 2. The fourth-order valence-corrected chi connectivity index (χ4v) is 2.12. The number of methoxy groups -OCH3 is 1. The minimum absolute atomic E-state index is 0.0443. The fraction of sp³-hybridized carbons (Fsp3) is 0.294. The van der Waals surface area contributed by atoms with Gasteiger partial charge in [-0.2, -0.15) is 0 Å². The highest BCUT2D eigenvalue weighted by Crippen LogP contribution is 2.36. The molecule has 0 radical (unpaired) electrons. The second-order valence-corrected chi connectivity index (χ2v) is 6.01. The zero-order valence-electron chi connectivity index (χ0n) is 12.9. The van der Waals surface area contributed by atoms with E-state index in [0.717, 1.165) is 17.1 Å². The van der Waals surface area contributed by atoms with Crippen molar-refractivity contribution in [2.75, 3.05) is 18.6 Å². The summed E-state index contributed by atoms with van der Waals surface area (Å²) in [7, 11) is 1.67. The molecule has 21 heavy (non-hydrogen) atoms. The Morgan fingerprint density at radius 2 is 1.57 bits per heavy atom. The number of benzene rings is 2. The van der Waals surface area contributed by atoms with Crippen LogP contribution in [-0.4, -0.2) is 7.11 Å². The highest BCUT2D eigenvalue weighted by atomic mass is 16.5. The van der Waals surface area contributed by atoms with Crippen LogP contribution in [0, 0.1) is 0 Å². The predicted molar refractivity (Wildman–Crippen MR) is 87.0 cm³/mol. The molecule has 0 aliphatic rings. The molecule has 0 bridgehead atoms. The molecule has 0 aromatic heterocycles. The van der Waals surface area contributed by atoms with Crippen molar-refractivity contribution in [1.82, 2.24) is 0 Å². The van der Waals surface area contributed by atoms with Crippen LogP contribution in [0.25, 0.3) is 0 Å². The smallest absolute Gasteiger partial charge is 0.150 e. The van der Waals surface area contributed by atoms with Crippen LogP contribution in [0.5, 0.6) is 17.2 Å². The van der Waals surface area contributed by atoms with Gasteiger partial charge in [-0.25, -0.2) is 0 Å². The standard InChI is InChI=1S/C17H22N2O2/c1-17(2,3)13-10-12(6-8-15(13)20-4)21-16-7-5-11(18)9-14(16)19/h5-10H,18-19H2,1-4H3. The van der Waals surface area contributed by atoms with Crippen molar-refractivity contribution in [3.63, 3.8) is 0 Å². The Bertz CT molecular complexity index is 646. The van der Waals surface area contributed by atoms with Crippen LogP contribution in [-0.2, 0) is 5.41 Å². The zero-order valence-corrected chi connectivity index (χ0v) is 12.9. The number of rotatable bonds is 3. The highest BCUT2D eigenvalue weighted by molar-refractivity contribution is 5.61. The van der Waals surface area contributed by atoms with Gasteiger partial charge in [-0.05, 0) is 41.8 Å². The molecule has 0 atom stereocenters. The Kier molecular flexibility index (Phi) is 3.98. The maximum Gasteiger partial charge on any atom is 0.150 e. The SMILES string of the molecule is COc1ccc(Oc2ccc(N)cc2N)cc1C(C)(C)C. The van der Waals surface area contributed by atoms with Crippen LogP contribution in [0.15, 0.2) is 36.4 Å². The van der Waals surface area contributed by atoms with E-state index >= 15 is 0 Å². The topological polar surface area (TPSA) is 70.5 Å². The highest BCUT2D eigenvalue weighted by Gasteiger charge is 2.20. The van der Waals surface area contributed by atoms with Crippen molar-refractivity contribution in [3.05, 3.63) is 42.0 Å². The molecule has 0 aliphatic carbocycles. The molecule has 2 aromatic rings. The minimum Gasteiger partial charge on any atom is -0.496 e. The van der Waals surface area contributed by atoms with Gasteiger partial charge in [0.15, 0.2) is 0 Å². The van der Waals surface area contributed by atoms with Gasteiger partial charge in [0.25, 0.3) is 0 Å². The molecular weight excluding hydrogens is 264 g/mol. The third-order valence-electron chi connectivity index (χ3n) is 3.24. The Labute approximate surface area is 125 Å². The predicted octanol–water partition coefficient (Wildman–Crippen LogP) is 3.95. The minimum atomic E-state index is -0.0443. The molecule has 112 valence electrons. The largest absolute Gasteiger partial charge is 0.496 e. The van der Waals surface area contributed by atoms with Gasteiger partial charge in [-0.1, -0.05) is 20.8 Å². The molecule has 4 N–H and O–H groups in total. The lowest BCUT2D eigenvalue weighted by Crippen LogP contribution is -2.12. The maximum absolute atomic E-state index is 5.92. The van der Waals surface area contributed by atoms with Crippen LogP contribution < -0.4 is 20.9 Å². The molecule has 0 saturated carbocycles. The van der Waals surface area contributed by atoms with E-state index in [9.17, 15) is 0 Å². The molecule has 0 fully saturated rings. The van der Waals surface area contributed by atoms with Crippen molar-refractivity contribution in [3.8, 4) is 17.2 Å². The van der Waals surface area contributed by atoms with Crippen LogP contribution in [0.3, 0.4) is 0 Å². The number of hydrogen-bond donors (Lipinski definition) is 2. The monoisotopic (exact) mass is 286 g/mol. The van der Waals surface area contributed by atoms with E-state index in [2.05, 4.69) is 20.8 Å². The number of anilines is 2. The quantitative estimate of drug-likeness (QED) is 0.838. The molecule has 0 heterocycles. The zero-order chi connectivity index (χ0) is 15.6. The summed E-state index contributed by atoms with van der Waals surface area (Å²) >= 11 is 0. The summed E-state index contributed by atoms with van der Waals surface area (Å²) in [5.41, 5.74) is 13.8. The van der Waals surface area contributed by atoms with Gasteiger partial charge in [0.1, 0.15) is 17.2 Å². The van der Waals surface area contributed by atoms with Crippen molar-refractivity contribution >= 4 is 11.4 Å². The first-order chi connectivity index (χ1) is 9.81. The summed E-state index contributed by atoms with van der Waals surface area (Å²) in [4.78, 5) is 0. The number of ether oxygens (including phenoxy) is 2. The molecule has 0 unspecified atom stereocenters. The summed E-state index contributed by atoms with van der Waals surface area (Å²) in [6, 6.07) is 11.0. The number of hydrogen-bond acceptors (Lipinski definition) is 4. The van der Waals surface area contributed by atoms with E-state index in [1.165, 1.54) is 0 Å². The van der Waals surface area contributed by atoms with E-state index in [4.69, 9.17) is 20.9 Å². The van der Waals surface area contributed by atoms with Crippen molar-refractivity contribution in [2.24, 2.45) is 0 Å². The first-order valence-electron chi connectivity index (χ1n) is 6.82. The van der Waals surface area contributed by atoms with Gasteiger partial charge in [-0.3, -0.25) is 0 Å². The van der Waals surface area contributed by atoms with Crippen LogP contribution >= 0.6 is 0 Å². The summed E-state index contributed by atoms with van der Waals surface area (Å²) in [5.74, 6) is 2.16. The summed E-state index contributed by atoms with van der Waals surface area (Å²) in [5, 5.41) is 0. The molecule has 0 amide bonds. The Morgan fingerprint density at radius 1 is 0.905 bits per heavy atom. The van der Waals surface area contributed by atoms with E-state index in [1.807, 2.05) is 18.2 Å². The summed E-state index contributed by atoms with van der Waals surface area (Å²) in [6.45, 7) is 6.39. The van der Waals surface area contributed by atoms with Gasteiger partial charge in [-0.15, -0.1) is 0 Å². The molecule has 4 nitrogen and oxygen atoms in total. The van der Waals surface area contributed by atoms with Crippen LogP contribution in [0.1, 0.15) is 26.3 Å². The van der Waals surface area contributed by atoms with Gasteiger partial charge < -0.3 is 20.9 Å². The van der Waals surface area contributed by atoms with E-state index in [1.54, 1.807) is 25.3 Å². The van der Waals surface area contributed by atoms with Crippen molar-refractivity contribution in [1.29, 1.82) is 0 Å². The van der Waals surface area contributed by atoms with Crippen molar-refractivity contribution < 1.29 is 9.47 Å². The molecule has 0 spiro atoms. The summed E-state index contributed by atoms with van der Waals surface area (Å²) < 4.78 is 11.3. The second kappa shape index (κ2) is 5.56. The van der Waals surface area contributed by atoms with Gasteiger partial charge in [0, 0.05) is 11.3 Å². The van der Waals surface area contributed by atoms with E-state index in [0.29, 0.717) is 17.1 Å². The Morgan fingerprint density at radius 3 is 2.14 bits per heavy atom. The molecule has 0 saturated heterocycles. The van der Waals surface area contributed by atoms with Crippen molar-refractivity contribution in [2.45, 2.75) is 26.2 Å². The Hall–Kier alpha value is -2.36. The average molecular weight is 286 g/mol. The van der Waals surface area contributed by atoms with Gasteiger partial charge >= 0.3 is 0 Å². The third-order valence-corrected chi connectivity index (χ3v) is 3.24. The molecule has 2 aromatic carbocycles. The number of nitrogen functional groups attached to an aromatic ring is 2. The lowest BCUT2D eigenvalue weighted by Gasteiger charge is -2.23. The Balaban J connectivity index is 2.37. The lowest BCUT2D eigenvalue weighted by molar-refractivity contribution is 0.395. The van der Waals surface area contributed by atoms with Crippen LogP contribution in [0.4, 0.5) is 11.4 Å². The maximum atomic E-state index is 5.92. The average Bonchev–Trinajstić information content (AvgIpc) is 2.41. The fourth-order valence-electron chi connectivity index (χ4n) is 2.12. The van der Waals surface area contributed by atoms with E-state index < -0.39 is 0 Å². The molecule has 2 rings (SSSR count). The molecule has 4 heteroatoms. The normalized spacial score (nSPS) is 11.2. The third kappa shape index (κ3) is 3.40. The summed E-state index contributed by atoms with van der Waals surface area (Å²) in [6.07, 6.45) is 0. The second-order valence-electron chi connectivity index (χ2n) is 6.01. The van der Waals surface area contributed by atoms with Gasteiger partial charge in [0.05, 0.1) is 12.8 Å². The molecular formula is C17H22N2O2. The molecule has 0 aliphatic heterocycles. The first-order valence-corrected chi connectivity index (χ1v) is 6.82. The lowest BCUT2D eigenvalue weighted by atomic mass is 9.86. The van der Waals surface area contributed by atoms with Crippen LogP contribution in [0.2, 0.25) is 0 Å². The first kappa shape index (κ1) is 15.0. The van der Waals surface area contributed by atoms with Gasteiger partial charge in [0.2, 0.25) is 0 Å².